The molecule has 0 fully saturated rings. The number of carbonyl (C=O) groups is 2. The van der Waals surface area contributed by atoms with Crippen LogP contribution in [-0.4, -0.2) is 23.4 Å². The Balaban J connectivity index is 2.59. The van der Waals surface area contributed by atoms with E-state index in [1.54, 1.807) is 12.1 Å². The van der Waals surface area contributed by atoms with Crippen LogP contribution in [0.4, 0.5) is 0 Å². The highest BCUT2D eigenvalue weighted by atomic mass is 16.4. The van der Waals surface area contributed by atoms with E-state index in [0.717, 1.165) is 12.0 Å². The molecule has 0 saturated carbocycles. The van der Waals surface area contributed by atoms with Crippen molar-refractivity contribution in [1.82, 2.24) is 0 Å². The molecule has 0 bridgehead atoms. The predicted molar refractivity (Wildman–Crippen MR) is 60.4 cm³/mol. The van der Waals surface area contributed by atoms with Gasteiger partial charge in [-0.15, -0.1) is 0 Å². The number of benzene rings is 1. The molecule has 0 aliphatic carbocycles. The zero-order chi connectivity index (χ0) is 12.0. The molecule has 4 nitrogen and oxygen atoms in total. The van der Waals surface area contributed by atoms with Gasteiger partial charge in [0.25, 0.3) is 0 Å². The number of nitrogens with two attached hydrogens (primary N) is 1. The maximum absolute atomic E-state index is 11.5. The Bertz CT molecular complexity index is 370. The van der Waals surface area contributed by atoms with Crippen LogP contribution in [0.3, 0.4) is 0 Å². The maximum Gasteiger partial charge on any atom is 0.303 e. The predicted octanol–water partition coefficient (Wildman–Crippen LogP) is 1.24. The molecule has 0 aromatic heterocycles. The van der Waals surface area contributed by atoms with Gasteiger partial charge in [0.05, 0.1) is 6.42 Å². The monoisotopic (exact) mass is 221 g/mol. The molecule has 0 aliphatic rings. The van der Waals surface area contributed by atoms with E-state index in [2.05, 4.69) is 0 Å². The number of Topliss-reactive ketones (excluding diaryl/α,β-unsaturated/α-hetero) is 1. The fourth-order valence-electron chi connectivity index (χ4n) is 1.39. The zero-order valence-corrected chi connectivity index (χ0v) is 8.98. The summed E-state index contributed by atoms with van der Waals surface area (Å²) < 4.78 is 0. The van der Waals surface area contributed by atoms with E-state index in [-0.39, 0.29) is 18.6 Å². The van der Waals surface area contributed by atoms with Crippen molar-refractivity contribution in [2.24, 2.45) is 5.73 Å². The Hall–Kier alpha value is -1.68. The molecule has 0 atom stereocenters. The molecule has 3 N–H and O–H groups in total. The Morgan fingerprint density at radius 2 is 1.75 bits per heavy atom. The van der Waals surface area contributed by atoms with Crippen molar-refractivity contribution >= 4 is 11.8 Å². The van der Waals surface area contributed by atoms with Gasteiger partial charge in [-0.2, -0.15) is 0 Å². The molecular weight excluding hydrogens is 206 g/mol. The van der Waals surface area contributed by atoms with Gasteiger partial charge in [-0.1, -0.05) is 24.3 Å². The molecule has 1 aromatic carbocycles. The minimum atomic E-state index is -0.951. The fraction of sp³-hybridized carbons (Fsp3) is 0.333. The van der Waals surface area contributed by atoms with E-state index in [1.807, 2.05) is 12.1 Å². The molecular formula is C12H15NO3. The van der Waals surface area contributed by atoms with E-state index in [1.165, 1.54) is 0 Å². The minimum Gasteiger partial charge on any atom is -0.481 e. The third-order valence-electron chi connectivity index (χ3n) is 2.27. The molecule has 1 aromatic rings. The van der Waals surface area contributed by atoms with Crippen LogP contribution in [0.15, 0.2) is 24.3 Å². The number of carboxylic acid groups (broad SMARTS) is 1. The van der Waals surface area contributed by atoms with Gasteiger partial charge in [0.15, 0.2) is 5.78 Å². The second kappa shape index (κ2) is 6.02. The first kappa shape index (κ1) is 12.4. The van der Waals surface area contributed by atoms with Gasteiger partial charge in [0, 0.05) is 12.0 Å². The number of ketones is 1. The van der Waals surface area contributed by atoms with Gasteiger partial charge in [-0.3, -0.25) is 9.59 Å². The van der Waals surface area contributed by atoms with Crippen LogP contribution >= 0.6 is 0 Å². The summed E-state index contributed by atoms with van der Waals surface area (Å²) in [6.45, 7) is 0.576. The Labute approximate surface area is 94.1 Å². The largest absolute Gasteiger partial charge is 0.481 e. The van der Waals surface area contributed by atoms with Crippen LogP contribution in [0.2, 0.25) is 0 Å². The summed E-state index contributed by atoms with van der Waals surface area (Å²) in [6.07, 6.45) is 0.707. The van der Waals surface area contributed by atoms with E-state index in [0.29, 0.717) is 12.1 Å². The summed E-state index contributed by atoms with van der Waals surface area (Å²) in [5.41, 5.74) is 7.05. The van der Waals surface area contributed by atoms with Crippen LogP contribution in [0.25, 0.3) is 0 Å². The molecule has 0 saturated heterocycles. The highest BCUT2D eigenvalue weighted by molar-refractivity contribution is 5.97. The van der Waals surface area contributed by atoms with Crippen LogP contribution in [-0.2, 0) is 11.2 Å². The summed E-state index contributed by atoms with van der Waals surface area (Å²) in [5.74, 6) is -1.09. The van der Waals surface area contributed by atoms with Gasteiger partial charge >= 0.3 is 5.97 Å². The third-order valence-corrected chi connectivity index (χ3v) is 2.27. The van der Waals surface area contributed by atoms with Crippen LogP contribution < -0.4 is 5.73 Å². The minimum absolute atomic E-state index is 0.0472. The van der Waals surface area contributed by atoms with Crippen molar-refractivity contribution in [1.29, 1.82) is 0 Å². The molecule has 0 spiro atoms. The molecule has 16 heavy (non-hydrogen) atoms. The smallest absolute Gasteiger partial charge is 0.303 e. The lowest BCUT2D eigenvalue weighted by Gasteiger charge is -2.01. The molecule has 0 radical (unpaired) electrons. The highest BCUT2D eigenvalue weighted by Gasteiger charge is 2.07. The number of hydrogen-bond donors (Lipinski definition) is 2. The van der Waals surface area contributed by atoms with Gasteiger partial charge in [0.1, 0.15) is 0 Å². The molecule has 86 valence electrons. The van der Waals surface area contributed by atoms with E-state index >= 15 is 0 Å². The van der Waals surface area contributed by atoms with Crippen LogP contribution in [0.1, 0.15) is 28.8 Å². The molecule has 4 heteroatoms. The Kier molecular flexibility index (Phi) is 4.66. The van der Waals surface area contributed by atoms with E-state index < -0.39 is 5.97 Å². The zero-order valence-electron chi connectivity index (χ0n) is 8.98. The lowest BCUT2D eigenvalue weighted by atomic mass is 10.0. The number of carboxylic acids is 1. The fourth-order valence-corrected chi connectivity index (χ4v) is 1.39. The molecule has 0 unspecified atom stereocenters. The summed E-state index contributed by atoms with van der Waals surface area (Å²) in [5, 5.41) is 8.46. The van der Waals surface area contributed by atoms with Crippen molar-refractivity contribution in [2.45, 2.75) is 19.3 Å². The number of rotatable bonds is 6. The van der Waals surface area contributed by atoms with Crippen molar-refractivity contribution in [2.75, 3.05) is 6.54 Å². The summed E-state index contributed by atoms with van der Waals surface area (Å²) in [4.78, 5) is 21.8. The summed E-state index contributed by atoms with van der Waals surface area (Å²) >= 11 is 0. The number of carbonyl (C=O) groups excluding carboxylic acids is 1. The first-order chi connectivity index (χ1) is 7.63. The second-order valence-corrected chi connectivity index (χ2v) is 3.55. The highest BCUT2D eigenvalue weighted by Crippen LogP contribution is 2.08. The van der Waals surface area contributed by atoms with Gasteiger partial charge in [0.2, 0.25) is 0 Å². The molecule has 1 rings (SSSR count). The van der Waals surface area contributed by atoms with Gasteiger partial charge in [-0.05, 0) is 18.5 Å². The standard InChI is InChI=1S/C12H15NO3/c13-8-7-9-1-3-10(4-2-9)11(14)5-6-12(15)16/h1-4H,5-8,13H2,(H,15,16). The number of aliphatic carboxylic acids is 1. The second-order valence-electron chi connectivity index (χ2n) is 3.55. The third kappa shape index (κ3) is 3.82. The number of hydrogen-bond acceptors (Lipinski definition) is 3. The average molecular weight is 221 g/mol. The normalized spacial score (nSPS) is 10.1. The quantitative estimate of drug-likeness (QED) is 0.708. The van der Waals surface area contributed by atoms with Gasteiger partial charge in [-0.25, -0.2) is 0 Å². The maximum atomic E-state index is 11.5. The van der Waals surface area contributed by atoms with Crippen molar-refractivity contribution in [3.63, 3.8) is 0 Å². The topological polar surface area (TPSA) is 80.4 Å². The SMILES string of the molecule is NCCc1ccc(C(=O)CCC(=O)O)cc1. The molecule has 0 amide bonds. The van der Waals surface area contributed by atoms with Gasteiger partial charge < -0.3 is 10.8 Å². The van der Waals surface area contributed by atoms with Crippen molar-refractivity contribution in [3.8, 4) is 0 Å². The Morgan fingerprint density at radius 1 is 1.12 bits per heavy atom. The van der Waals surface area contributed by atoms with Crippen molar-refractivity contribution < 1.29 is 14.7 Å². The average Bonchev–Trinajstić information content (AvgIpc) is 2.27. The first-order valence-corrected chi connectivity index (χ1v) is 5.17. The lowest BCUT2D eigenvalue weighted by molar-refractivity contribution is -0.136. The first-order valence-electron chi connectivity index (χ1n) is 5.17. The van der Waals surface area contributed by atoms with Crippen LogP contribution in [0, 0.1) is 0 Å². The summed E-state index contributed by atoms with van der Waals surface area (Å²) in [7, 11) is 0. The van der Waals surface area contributed by atoms with E-state index in [4.69, 9.17) is 10.8 Å². The van der Waals surface area contributed by atoms with Crippen LogP contribution in [0.5, 0.6) is 0 Å². The lowest BCUT2D eigenvalue weighted by Crippen LogP contribution is -2.05. The van der Waals surface area contributed by atoms with Crippen molar-refractivity contribution in [3.05, 3.63) is 35.4 Å². The summed E-state index contributed by atoms with van der Waals surface area (Å²) in [6, 6.07) is 7.13. The van der Waals surface area contributed by atoms with E-state index in [9.17, 15) is 9.59 Å². The Morgan fingerprint density at radius 3 is 2.25 bits per heavy atom. The molecule has 0 heterocycles. The molecule has 0 aliphatic heterocycles.